The summed E-state index contributed by atoms with van der Waals surface area (Å²) in [4.78, 5) is 15.0. The fourth-order valence-corrected chi connectivity index (χ4v) is 3.58. The van der Waals surface area contributed by atoms with Gasteiger partial charge < -0.3 is 9.88 Å². The number of amides is 1. The van der Waals surface area contributed by atoms with E-state index in [2.05, 4.69) is 59.0 Å². The number of fused-ring (bicyclic) bond motifs is 1. The molecule has 0 saturated carbocycles. The average Bonchev–Trinajstić information content (AvgIpc) is 2.91. The highest BCUT2D eigenvalue weighted by molar-refractivity contribution is 5.93. The van der Waals surface area contributed by atoms with Crippen LogP contribution in [0, 0.1) is 6.92 Å². The van der Waals surface area contributed by atoms with Crippen molar-refractivity contribution in [3.8, 4) is 0 Å². The molecule has 0 fully saturated rings. The molecule has 25 heavy (non-hydrogen) atoms. The Kier molecular flexibility index (Phi) is 5.28. The van der Waals surface area contributed by atoms with Gasteiger partial charge in [0.25, 0.3) is 5.91 Å². The van der Waals surface area contributed by atoms with Crippen LogP contribution in [0.15, 0.2) is 30.3 Å². The monoisotopic (exact) mass is 339 g/mol. The molecule has 1 N–H and O–H groups in total. The van der Waals surface area contributed by atoms with Crippen LogP contribution in [-0.2, 0) is 26.6 Å². The molecule has 134 valence electrons. The zero-order valence-corrected chi connectivity index (χ0v) is 15.8. The third kappa shape index (κ3) is 3.96. The number of carbonyl (C=O) groups is 1. The first kappa shape index (κ1) is 17.7. The molecule has 4 heteroatoms. The first-order valence-electron chi connectivity index (χ1n) is 9.24. The Morgan fingerprint density at radius 1 is 1.32 bits per heavy atom. The van der Waals surface area contributed by atoms with Crippen LogP contribution in [-0.4, -0.2) is 28.0 Å². The molecule has 2 aromatic rings. The molecule has 2 heterocycles. The molecule has 1 aliphatic heterocycles. The second-order valence-corrected chi connectivity index (χ2v) is 7.29. The summed E-state index contributed by atoms with van der Waals surface area (Å²) in [7, 11) is 2.01. The maximum absolute atomic E-state index is 12.5. The number of nitrogens with zero attached hydrogens (tertiary/aromatic N) is 2. The quantitative estimate of drug-likeness (QED) is 0.906. The molecule has 1 aliphatic rings. The fourth-order valence-electron chi connectivity index (χ4n) is 3.58. The molecule has 1 aromatic carbocycles. The Labute approximate surface area is 150 Å². The number of rotatable bonds is 5. The standard InChI is InChI=1S/C21H29N3O/c1-5-16(3)22-21(25)20-12-18-14-24(10-9-19(18)23(20)4)13-17-8-6-7-15(2)11-17/h6-8,11-12,16H,5,9-10,13-14H2,1-4H3,(H,22,25)/t16-/m1/s1. The second kappa shape index (κ2) is 7.44. The highest BCUT2D eigenvalue weighted by Gasteiger charge is 2.24. The van der Waals surface area contributed by atoms with Gasteiger partial charge in [0.05, 0.1) is 0 Å². The summed E-state index contributed by atoms with van der Waals surface area (Å²) in [5.74, 6) is 0.0384. The molecule has 0 spiro atoms. The lowest BCUT2D eigenvalue weighted by atomic mass is 10.1. The van der Waals surface area contributed by atoms with Gasteiger partial charge in [-0.25, -0.2) is 0 Å². The van der Waals surface area contributed by atoms with E-state index >= 15 is 0 Å². The maximum Gasteiger partial charge on any atom is 0.268 e. The minimum Gasteiger partial charge on any atom is -0.348 e. The molecule has 0 radical (unpaired) electrons. The molecular weight excluding hydrogens is 310 g/mol. The van der Waals surface area contributed by atoms with Gasteiger partial charge in [-0.1, -0.05) is 36.8 Å². The van der Waals surface area contributed by atoms with Crippen molar-refractivity contribution in [3.05, 3.63) is 58.4 Å². The van der Waals surface area contributed by atoms with Gasteiger partial charge in [-0.3, -0.25) is 9.69 Å². The summed E-state index contributed by atoms with van der Waals surface area (Å²) in [6, 6.07) is 11.0. The van der Waals surface area contributed by atoms with Crippen molar-refractivity contribution in [2.24, 2.45) is 7.05 Å². The molecule has 0 bridgehead atoms. The molecule has 0 aliphatic carbocycles. The fraction of sp³-hybridized carbons (Fsp3) is 0.476. The SMILES string of the molecule is CC[C@@H](C)NC(=O)c1cc2c(n1C)CCN(Cc1cccc(C)c1)C2. The van der Waals surface area contributed by atoms with Crippen LogP contribution in [0.25, 0.3) is 0 Å². The number of hydrogen-bond donors (Lipinski definition) is 1. The average molecular weight is 339 g/mol. The van der Waals surface area contributed by atoms with Crippen LogP contribution in [0.5, 0.6) is 0 Å². The van der Waals surface area contributed by atoms with Gasteiger partial charge in [-0.15, -0.1) is 0 Å². The van der Waals surface area contributed by atoms with Crippen LogP contribution in [0.3, 0.4) is 0 Å². The smallest absolute Gasteiger partial charge is 0.268 e. The van der Waals surface area contributed by atoms with Crippen molar-refractivity contribution in [2.45, 2.75) is 52.7 Å². The Morgan fingerprint density at radius 3 is 2.84 bits per heavy atom. The van der Waals surface area contributed by atoms with Crippen LogP contribution in [0.4, 0.5) is 0 Å². The number of benzene rings is 1. The van der Waals surface area contributed by atoms with Gasteiger partial charge in [0.1, 0.15) is 5.69 Å². The van der Waals surface area contributed by atoms with E-state index in [0.29, 0.717) is 0 Å². The van der Waals surface area contributed by atoms with Gasteiger partial charge in [-0.05, 0) is 37.5 Å². The van der Waals surface area contributed by atoms with E-state index in [1.165, 1.54) is 22.4 Å². The third-order valence-corrected chi connectivity index (χ3v) is 5.22. The van der Waals surface area contributed by atoms with E-state index in [0.717, 1.165) is 38.2 Å². The van der Waals surface area contributed by atoms with Gasteiger partial charge in [-0.2, -0.15) is 0 Å². The number of aromatic nitrogens is 1. The first-order chi connectivity index (χ1) is 12.0. The normalized spacial score (nSPS) is 15.7. The first-order valence-corrected chi connectivity index (χ1v) is 9.24. The summed E-state index contributed by atoms with van der Waals surface area (Å²) in [6.07, 6.45) is 1.94. The number of nitrogens with one attached hydrogen (secondary N) is 1. The zero-order valence-electron chi connectivity index (χ0n) is 15.8. The lowest BCUT2D eigenvalue weighted by Gasteiger charge is -2.27. The molecule has 1 amide bonds. The van der Waals surface area contributed by atoms with E-state index < -0.39 is 0 Å². The highest BCUT2D eigenvalue weighted by atomic mass is 16.2. The second-order valence-electron chi connectivity index (χ2n) is 7.29. The molecule has 3 rings (SSSR count). The largest absolute Gasteiger partial charge is 0.348 e. The molecule has 4 nitrogen and oxygen atoms in total. The van der Waals surface area contributed by atoms with Crippen molar-refractivity contribution in [1.82, 2.24) is 14.8 Å². The zero-order chi connectivity index (χ0) is 18.0. The minimum atomic E-state index is 0.0384. The summed E-state index contributed by atoms with van der Waals surface area (Å²) < 4.78 is 2.08. The topological polar surface area (TPSA) is 37.3 Å². The predicted octanol–water partition coefficient (Wildman–Crippen LogP) is 3.42. The van der Waals surface area contributed by atoms with Gasteiger partial charge in [0.15, 0.2) is 0 Å². The Morgan fingerprint density at radius 2 is 2.12 bits per heavy atom. The van der Waals surface area contributed by atoms with Gasteiger partial charge in [0.2, 0.25) is 0 Å². The van der Waals surface area contributed by atoms with Crippen LogP contribution in [0.1, 0.15) is 53.1 Å². The summed E-state index contributed by atoms with van der Waals surface area (Å²) in [6.45, 7) is 9.18. The number of aryl methyl sites for hydroxylation is 1. The Balaban J connectivity index is 1.73. The number of hydrogen-bond acceptors (Lipinski definition) is 2. The molecule has 0 saturated heterocycles. The van der Waals surface area contributed by atoms with Crippen molar-refractivity contribution < 1.29 is 4.79 Å². The van der Waals surface area contributed by atoms with Crippen molar-refractivity contribution >= 4 is 5.91 Å². The van der Waals surface area contributed by atoms with E-state index in [1.807, 2.05) is 14.0 Å². The Hall–Kier alpha value is -2.07. The van der Waals surface area contributed by atoms with E-state index in [4.69, 9.17) is 0 Å². The van der Waals surface area contributed by atoms with E-state index in [-0.39, 0.29) is 11.9 Å². The summed E-state index contributed by atoms with van der Waals surface area (Å²) >= 11 is 0. The minimum absolute atomic E-state index is 0.0384. The van der Waals surface area contributed by atoms with Gasteiger partial charge >= 0.3 is 0 Å². The van der Waals surface area contributed by atoms with E-state index in [1.54, 1.807) is 0 Å². The molecule has 1 atom stereocenters. The summed E-state index contributed by atoms with van der Waals surface area (Å²) in [5, 5.41) is 3.08. The van der Waals surface area contributed by atoms with Crippen LogP contribution in [0.2, 0.25) is 0 Å². The van der Waals surface area contributed by atoms with Crippen molar-refractivity contribution in [3.63, 3.8) is 0 Å². The third-order valence-electron chi connectivity index (χ3n) is 5.22. The summed E-state index contributed by atoms with van der Waals surface area (Å²) in [5.41, 5.74) is 6.03. The van der Waals surface area contributed by atoms with Gasteiger partial charge in [0, 0.05) is 44.8 Å². The Bertz CT molecular complexity index is 762. The number of carbonyl (C=O) groups excluding carboxylic acids is 1. The van der Waals surface area contributed by atoms with Crippen molar-refractivity contribution in [2.75, 3.05) is 6.54 Å². The predicted molar refractivity (Wildman–Crippen MR) is 102 cm³/mol. The molecule has 1 aromatic heterocycles. The lowest BCUT2D eigenvalue weighted by Crippen LogP contribution is -2.33. The lowest BCUT2D eigenvalue weighted by molar-refractivity contribution is 0.0930. The van der Waals surface area contributed by atoms with Crippen molar-refractivity contribution in [1.29, 1.82) is 0 Å². The molecule has 0 unspecified atom stereocenters. The highest BCUT2D eigenvalue weighted by Crippen LogP contribution is 2.24. The van der Waals surface area contributed by atoms with Crippen LogP contribution < -0.4 is 5.32 Å². The van der Waals surface area contributed by atoms with Crippen LogP contribution >= 0.6 is 0 Å². The molecular formula is C21H29N3O. The maximum atomic E-state index is 12.5. The van der Waals surface area contributed by atoms with E-state index in [9.17, 15) is 4.79 Å².